The van der Waals surface area contributed by atoms with Crippen LogP contribution >= 0.6 is 0 Å². The number of nitrogens with two attached hydrogens (primary N) is 1. The fraction of sp³-hybridized carbons (Fsp3) is 0.235. The fourth-order valence-corrected chi connectivity index (χ4v) is 2.12. The van der Waals surface area contributed by atoms with Gasteiger partial charge >= 0.3 is 0 Å². The van der Waals surface area contributed by atoms with Crippen LogP contribution in [0.25, 0.3) is 0 Å². The summed E-state index contributed by atoms with van der Waals surface area (Å²) >= 11 is 0. The van der Waals surface area contributed by atoms with Gasteiger partial charge in [0.05, 0.1) is 6.54 Å². The second kappa shape index (κ2) is 7.45. The maximum Gasteiger partial charge on any atom is 0.238 e. The molecule has 0 atom stereocenters. The Morgan fingerprint density at radius 3 is 2.43 bits per heavy atom. The molecule has 0 spiro atoms. The Balaban J connectivity index is 1.93. The molecule has 3 N–H and O–H groups in total. The molecule has 0 unspecified atom stereocenters. The van der Waals surface area contributed by atoms with Crippen molar-refractivity contribution in [2.75, 3.05) is 24.1 Å². The topological polar surface area (TPSA) is 58.4 Å². The zero-order valence-corrected chi connectivity index (χ0v) is 12.3. The third-order valence-electron chi connectivity index (χ3n) is 3.32. The normalized spacial score (nSPS) is 10.6. The van der Waals surface area contributed by atoms with Crippen LogP contribution in [0.15, 0.2) is 54.6 Å². The average Bonchev–Trinajstić information content (AvgIpc) is 2.49. The number of hydrogen-bond donors (Lipinski definition) is 2. The zero-order chi connectivity index (χ0) is 15.1. The van der Waals surface area contributed by atoms with E-state index < -0.39 is 0 Å². The molecule has 4 heteroatoms. The number of rotatable bonds is 6. The number of hydrogen-bond acceptors (Lipinski definition) is 3. The number of nitrogen functional groups attached to an aromatic ring is 1. The first-order chi connectivity index (χ1) is 10.2. The summed E-state index contributed by atoms with van der Waals surface area (Å²) < 4.78 is 0. The van der Waals surface area contributed by atoms with Gasteiger partial charge in [0.1, 0.15) is 0 Å². The molecular formula is C17H21N3O. The van der Waals surface area contributed by atoms with E-state index in [1.165, 1.54) is 0 Å². The van der Waals surface area contributed by atoms with Crippen LogP contribution in [0.1, 0.15) is 12.5 Å². The number of para-hydroxylation sites is 2. The van der Waals surface area contributed by atoms with E-state index in [-0.39, 0.29) is 5.91 Å². The first-order valence-corrected chi connectivity index (χ1v) is 7.09. The molecule has 0 saturated carbocycles. The van der Waals surface area contributed by atoms with E-state index >= 15 is 0 Å². The molecule has 0 aliphatic rings. The highest BCUT2D eigenvalue weighted by Gasteiger charge is 2.11. The summed E-state index contributed by atoms with van der Waals surface area (Å²) in [6.07, 6.45) is 0. The van der Waals surface area contributed by atoms with E-state index in [4.69, 9.17) is 5.73 Å². The van der Waals surface area contributed by atoms with Crippen molar-refractivity contribution in [2.45, 2.75) is 13.5 Å². The van der Waals surface area contributed by atoms with E-state index in [0.717, 1.165) is 23.5 Å². The number of likely N-dealkylation sites (N-methyl/N-ethyl adjacent to an activating group) is 1. The smallest absolute Gasteiger partial charge is 0.238 e. The Hall–Kier alpha value is -2.33. The van der Waals surface area contributed by atoms with Crippen molar-refractivity contribution in [3.8, 4) is 0 Å². The molecule has 110 valence electrons. The number of nitrogens with one attached hydrogen (secondary N) is 1. The maximum absolute atomic E-state index is 12.1. The van der Waals surface area contributed by atoms with Crippen molar-refractivity contribution in [1.29, 1.82) is 0 Å². The second-order valence-corrected chi connectivity index (χ2v) is 4.92. The highest BCUT2D eigenvalue weighted by atomic mass is 16.2. The van der Waals surface area contributed by atoms with Crippen LogP contribution in [0, 0.1) is 0 Å². The summed E-state index contributed by atoms with van der Waals surface area (Å²) in [6.45, 7) is 3.84. The second-order valence-electron chi connectivity index (χ2n) is 4.92. The van der Waals surface area contributed by atoms with Gasteiger partial charge in [0.2, 0.25) is 5.91 Å². The Bertz CT molecular complexity index is 584. The average molecular weight is 283 g/mol. The lowest BCUT2D eigenvalue weighted by Gasteiger charge is -2.20. The van der Waals surface area contributed by atoms with Crippen LogP contribution in [-0.2, 0) is 11.3 Å². The molecule has 21 heavy (non-hydrogen) atoms. The Labute approximate surface area is 125 Å². The van der Waals surface area contributed by atoms with Gasteiger partial charge in [-0.3, -0.25) is 9.69 Å². The van der Waals surface area contributed by atoms with Gasteiger partial charge in [-0.1, -0.05) is 43.3 Å². The summed E-state index contributed by atoms with van der Waals surface area (Å²) in [4.78, 5) is 14.1. The monoisotopic (exact) mass is 283 g/mol. The largest absolute Gasteiger partial charge is 0.398 e. The molecule has 0 heterocycles. The molecule has 0 aliphatic carbocycles. The molecule has 2 aromatic rings. The van der Waals surface area contributed by atoms with Gasteiger partial charge in [0.15, 0.2) is 0 Å². The third kappa shape index (κ3) is 4.61. The van der Waals surface area contributed by atoms with Crippen molar-refractivity contribution in [2.24, 2.45) is 0 Å². The molecule has 0 aliphatic heterocycles. The van der Waals surface area contributed by atoms with Gasteiger partial charge in [-0.15, -0.1) is 0 Å². The van der Waals surface area contributed by atoms with Crippen LogP contribution in [0.5, 0.6) is 0 Å². The van der Waals surface area contributed by atoms with E-state index in [9.17, 15) is 4.79 Å². The van der Waals surface area contributed by atoms with E-state index in [0.29, 0.717) is 13.1 Å². The highest BCUT2D eigenvalue weighted by molar-refractivity contribution is 5.92. The van der Waals surface area contributed by atoms with Crippen molar-refractivity contribution in [3.05, 3.63) is 60.2 Å². The molecule has 0 bridgehead atoms. The van der Waals surface area contributed by atoms with Gasteiger partial charge in [0.25, 0.3) is 0 Å². The lowest BCUT2D eigenvalue weighted by molar-refractivity contribution is -0.117. The molecule has 0 fully saturated rings. The summed E-state index contributed by atoms with van der Waals surface area (Å²) in [5, 5.41) is 2.90. The SMILES string of the molecule is CCN(CC(=O)Nc1ccccc1)Cc1ccccc1N. The minimum absolute atomic E-state index is 0.0162. The van der Waals surface area contributed by atoms with E-state index in [1.807, 2.05) is 61.5 Å². The fourth-order valence-electron chi connectivity index (χ4n) is 2.12. The number of carbonyl (C=O) groups excluding carboxylic acids is 1. The molecular weight excluding hydrogens is 262 g/mol. The number of amides is 1. The summed E-state index contributed by atoms with van der Waals surface area (Å²) in [6, 6.07) is 17.2. The van der Waals surface area contributed by atoms with Crippen LogP contribution in [0.4, 0.5) is 11.4 Å². The van der Waals surface area contributed by atoms with Crippen LogP contribution in [0.3, 0.4) is 0 Å². The first-order valence-electron chi connectivity index (χ1n) is 7.09. The maximum atomic E-state index is 12.1. The Kier molecular flexibility index (Phi) is 5.35. The first kappa shape index (κ1) is 15.1. The molecule has 2 rings (SSSR count). The zero-order valence-electron chi connectivity index (χ0n) is 12.3. The predicted molar refractivity (Wildman–Crippen MR) is 86.9 cm³/mol. The Morgan fingerprint density at radius 2 is 1.76 bits per heavy atom. The molecule has 1 amide bonds. The van der Waals surface area contributed by atoms with Crippen molar-refractivity contribution in [1.82, 2.24) is 4.90 Å². The van der Waals surface area contributed by atoms with Crippen LogP contribution in [0.2, 0.25) is 0 Å². The Morgan fingerprint density at radius 1 is 1.10 bits per heavy atom. The van der Waals surface area contributed by atoms with Gasteiger partial charge in [0, 0.05) is 17.9 Å². The van der Waals surface area contributed by atoms with Gasteiger partial charge in [-0.25, -0.2) is 0 Å². The van der Waals surface area contributed by atoms with Gasteiger partial charge < -0.3 is 11.1 Å². The van der Waals surface area contributed by atoms with Crippen molar-refractivity contribution < 1.29 is 4.79 Å². The minimum Gasteiger partial charge on any atom is -0.398 e. The number of carbonyl (C=O) groups is 1. The van der Waals surface area contributed by atoms with Crippen molar-refractivity contribution in [3.63, 3.8) is 0 Å². The van der Waals surface area contributed by atoms with Gasteiger partial charge in [-0.2, -0.15) is 0 Å². The lowest BCUT2D eigenvalue weighted by atomic mass is 10.1. The lowest BCUT2D eigenvalue weighted by Crippen LogP contribution is -2.33. The summed E-state index contributed by atoms with van der Waals surface area (Å²) in [5.41, 5.74) is 8.58. The van der Waals surface area contributed by atoms with Gasteiger partial charge in [-0.05, 0) is 30.3 Å². The standard InChI is InChI=1S/C17H21N3O/c1-2-20(12-14-8-6-7-11-16(14)18)13-17(21)19-15-9-4-3-5-10-15/h3-11H,2,12-13,18H2,1H3,(H,19,21). The number of benzene rings is 2. The quantitative estimate of drug-likeness (QED) is 0.801. The molecule has 0 radical (unpaired) electrons. The molecule has 2 aromatic carbocycles. The number of anilines is 2. The molecule has 4 nitrogen and oxygen atoms in total. The predicted octanol–water partition coefficient (Wildman–Crippen LogP) is 2.73. The summed E-state index contributed by atoms with van der Waals surface area (Å²) in [7, 11) is 0. The van der Waals surface area contributed by atoms with E-state index in [1.54, 1.807) is 0 Å². The number of nitrogens with zero attached hydrogens (tertiary/aromatic N) is 1. The molecule has 0 aromatic heterocycles. The summed E-state index contributed by atoms with van der Waals surface area (Å²) in [5.74, 6) is -0.0162. The van der Waals surface area contributed by atoms with Crippen molar-refractivity contribution >= 4 is 17.3 Å². The minimum atomic E-state index is -0.0162. The highest BCUT2D eigenvalue weighted by Crippen LogP contribution is 2.13. The molecule has 0 saturated heterocycles. The van der Waals surface area contributed by atoms with E-state index in [2.05, 4.69) is 10.2 Å². The van der Waals surface area contributed by atoms with Crippen LogP contribution < -0.4 is 11.1 Å². The third-order valence-corrected chi connectivity index (χ3v) is 3.32. The van der Waals surface area contributed by atoms with Crippen LogP contribution in [-0.4, -0.2) is 23.9 Å².